The molecule has 0 aromatic carbocycles. The highest BCUT2D eigenvalue weighted by Crippen LogP contribution is 2.06. The largest absolute Gasteiger partial charge is 0.356 e. The first-order chi connectivity index (χ1) is 6.74. The molecule has 1 N–H and O–H groups in total. The van der Waals surface area contributed by atoms with Gasteiger partial charge in [-0.05, 0) is 12.1 Å². The molecule has 0 aliphatic carbocycles. The summed E-state index contributed by atoms with van der Waals surface area (Å²) in [4.78, 5) is 19.7. The number of hydrogen-bond donors (Lipinski definition) is 1. The van der Waals surface area contributed by atoms with Crippen molar-refractivity contribution in [1.82, 2.24) is 10.5 Å². The van der Waals surface area contributed by atoms with Crippen molar-refractivity contribution >= 4 is 17.5 Å². The van der Waals surface area contributed by atoms with Crippen LogP contribution >= 0.6 is 11.6 Å². The van der Waals surface area contributed by atoms with E-state index in [9.17, 15) is 4.79 Å². The van der Waals surface area contributed by atoms with Gasteiger partial charge < -0.3 is 4.74 Å². The molecule has 0 aliphatic rings. The van der Waals surface area contributed by atoms with E-state index in [-0.39, 0.29) is 11.9 Å². The second kappa shape index (κ2) is 5.54. The maximum atomic E-state index is 11.3. The van der Waals surface area contributed by atoms with Gasteiger partial charge in [-0.1, -0.05) is 11.6 Å². The number of nitrogens with zero attached hydrogens (tertiary/aromatic N) is 1. The standard InChI is InChI=1S/C8H9ClN2O3/c1-13-5-14-11-8(12)6-2-3-10-7(9)4-6/h2-4H,5H2,1H3,(H,11,12). The van der Waals surface area contributed by atoms with E-state index in [4.69, 9.17) is 11.6 Å². The number of hydroxylamine groups is 1. The average molecular weight is 217 g/mol. The number of nitrogens with one attached hydrogen (secondary N) is 1. The predicted molar refractivity (Wildman–Crippen MR) is 49.7 cm³/mol. The summed E-state index contributed by atoms with van der Waals surface area (Å²) >= 11 is 5.59. The fourth-order valence-corrected chi connectivity index (χ4v) is 0.930. The maximum Gasteiger partial charge on any atom is 0.275 e. The Morgan fingerprint density at radius 1 is 1.71 bits per heavy atom. The van der Waals surface area contributed by atoms with Gasteiger partial charge in [-0.25, -0.2) is 15.3 Å². The quantitative estimate of drug-likeness (QED) is 0.353. The Labute approximate surface area is 85.9 Å². The van der Waals surface area contributed by atoms with Gasteiger partial charge in [0.05, 0.1) is 0 Å². The summed E-state index contributed by atoms with van der Waals surface area (Å²) in [5.74, 6) is -0.397. The van der Waals surface area contributed by atoms with Crippen molar-refractivity contribution in [3.63, 3.8) is 0 Å². The highest BCUT2D eigenvalue weighted by molar-refractivity contribution is 6.29. The summed E-state index contributed by atoms with van der Waals surface area (Å²) in [6.07, 6.45) is 1.44. The third-order valence-corrected chi connectivity index (χ3v) is 1.54. The zero-order valence-corrected chi connectivity index (χ0v) is 8.25. The monoisotopic (exact) mass is 216 g/mol. The second-order valence-electron chi connectivity index (χ2n) is 2.35. The normalized spacial score (nSPS) is 9.86. The van der Waals surface area contributed by atoms with Crippen LogP contribution in [0.4, 0.5) is 0 Å². The molecular weight excluding hydrogens is 208 g/mol. The van der Waals surface area contributed by atoms with E-state index in [2.05, 4.69) is 20.0 Å². The van der Waals surface area contributed by atoms with Crippen LogP contribution in [0.1, 0.15) is 10.4 Å². The summed E-state index contributed by atoms with van der Waals surface area (Å²) in [6, 6.07) is 2.96. The number of amides is 1. The van der Waals surface area contributed by atoms with Crippen molar-refractivity contribution in [1.29, 1.82) is 0 Å². The minimum absolute atomic E-state index is 0.00937. The van der Waals surface area contributed by atoms with Crippen molar-refractivity contribution in [2.75, 3.05) is 13.9 Å². The lowest BCUT2D eigenvalue weighted by atomic mass is 10.3. The number of rotatable bonds is 4. The predicted octanol–water partition coefficient (Wildman–Crippen LogP) is 1.00. The van der Waals surface area contributed by atoms with E-state index < -0.39 is 5.91 Å². The van der Waals surface area contributed by atoms with Gasteiger partial charge in [-0.2, -0.15) is 0 Å². The van der Waals surface area contributed by atoms with Gasteiger partial charge in [0, 0.05) is 18.9 Å². The Bertz CT molecular complexity index is 319. The molecule has 1 aromatic heterocycles. The zero-order chi connectivity index (χ0) is 10.4. The fraction of sp³-hybridized carbons (Fsp3) is 0.250. The van der Waals surface area contributed by atoms with Crippen LogP contribution < -0.4 is 5.48 Å². The molecular formula is C8H9ClN2O3. The summed E-state index contributed by atoms with van der Waals surface area (Å²) < 4.78 is 4.58. The van der Waals surface area contributed by atoms with Crippen molar-refractivity contribution in [3.05, 3.63) is 29.0 Å². The molecule has 0 radical (unpaired) electrons. The molecule has 0 atom stereocenters. The lowest BCUT2D eigenvalue weighted by molar-refractivity contribution is -0.0704. The minimum Gasteiger partial charge on any atom is -0.356 e. The van der Waals surface area contributed by atoms with Gasteiger partial charge in [-0.15, -0.1) is 0 Å². The van der Waals surface area contributed by atoms with Crippen LogP contribution in [-0.4, -0.2) is 24.8 Å². The molecule has 1 amide bonds. The summed E-state index contributed by atoms with van der Waals surface area (Å²) in [5, 5.41) is 0.254. The molecule has 14 heavy (non-hydrogen) atoms. The Balaban J connectivity index is 2.52. The number of hydrogen-bond acceptors (Lipinski definition) is 4. The van der Waals surface area contributed by atoms with Crippen LogP contribution in [0.2, 0.25) is 5.15 Å². The molecule has 0 spiro atoms. The molecule has 0 fully saturated rings. The molecule has 0 bridgehead atoms. The third kappa shape index (κ3) is 3.29. The summed E-state index contributed by atoms with van der Waals surface area (Å²) in [6.45, 7) is -0.00937. The van der Waals surface area contributed by atoms with Crippen LogP contribution in [0.5, 0.6) is 0 Å². The summed E-state index contributed by atoms with van der Waals surface area (Å²) in [7, 11) is 1.45. The van der Waals surface area contributed by atoms with Gasteiger partial charge in [0.15, 0.2) is 6.79 Å². The molecule has 0 saturated heterocycles. The number of pyridine rings is 1. The van der Waals surface area contributed by atoms with Gasteiger partial charge in [0.25, 0.3) is 5.91 Å². The van der Waals surface area contributed by atoms with Crippen molar-refractivity contribution in [2.24, 2.45) is 0 Å². The SMILES string of the molecule is COCONC(=O)c1ccnc(Cl)c1. The van der Waals surface area contributed by atoms with Crippen LogP contribution in [-0.2, 0) is 9.57 Å². The number of methoxy groups -OCH3 is 1. The summed E-state index contributed by atoms with van der Waals surface area (Å²) in [5.41, 5.74) is 2.55. The van der Waals surface area contributed by atoms with Crippen molar-refractivity contribution in [2.45, 2.75) is 0 Å². The Morgan fingerprint density at radius 3 is 3.14 bits per heavy atom. The van der Waals surface area contributed by atoms with Crippen molar-refractivity contribution < 1.29 is 14.4 Å². The number of aromatic nitrogens is 1. The molecule has 0 aliphatic heterocycles. The number of carbonyl (C=O) groups is 1. The topological polar surface area (TPSA) is 60.5 Å². The second-order valence-corrected chi connectivity index (χ2v) is 2.74. The Morgan fingerprint density at radius 2 is 2.50 bits per heavy atom. The zero-order valence-electron chi connectivity index (χ0n) is 7.49. The van der Waals surface area contributed by atoms with Crippen molar-refractivity contribution in [3.8, 4) is 0 Å². The number of halogens is 1. The highest BCUT2D eigenvalue weighted by atomic mass is 35.5. The van der Waals surface area contributed by atoms with Gasteiger partial charge in [0.2, 0.25) is 0 Å². The molecule has 6 heteroatoms. The lowest BCUT2D eigenvalue weighted by Crippen LogP contribution is -2.24. The Hall–Kier alpha value is -1.17. The van der Waals surface area contributed by atoms with E-state index in [1.54, 1.807) is 0 Å². The average Bonchev–Trinajstić information content (AvgIpc) is 2.18. The highest BCUT2D eigenvalue weighted by Gasteiger charge is 2.05. The van der Waals surface area contributed by atoms with Crippen LogP contribution in [0.25, 0.3) is 0 Å². The van der Waals surface area contributed by atoms with Crippen LogP contribution in [0, 0.1) is 0 Å². The molecule has 1 rings (SSSR count). The molecule has 1 heterocycles. The van der Waals surface area contributed by atoms with Gasteiger partial charge in [0.1, 0.15) is 5.15 Å². The minimum atomic E-state index is -0.397. The molecule has 0 unspecified atom stereocenters. The first-order valence-corrected chi connectivity index (χ1v) is 4.14. The molecule has 5 nitrogen and oxygen atoms in total. The van der Waals surface area contributed by atoms with Gasteiger partial charge >= 0.3 is 0 Å². The number of carbonyl (C=O) groups excluding carboxylic acids is 1. The van der Waals surface area contributed by atoms with E-state index in [0.29, 0.717) is 5.56 Å². The third-order valence-electron chi connectivity index (χ3n) is 1.33. The number of ether oxygens (including phenoxy) is 1. The molecule has 76 valence electrons. The Kier molecular flexibility index (Phi) is 4.31. The first kappa shape index (κ1) is 10.9. The molecule has 1 aromatic rings. The van der Waals surface area contributed by atoms with E-state index in [1.807, 2.05) is 0 Å². The van der Waals surface area contributed by atoms with E-state index in [0.717, 1.165) is 0 Å². The van der Waals surface area contributed by atoms with Gasteiger partial charge in [-0.3, -0.25) is 4.79 Å². The van der Waals surface area contributed by atoms with E-state index in [1.165, 1.54) is 25.4 Å². The smallest absolute Gasteiger partial charge is 0.275 e. The van der Waals surface area contributed by atoms with Crippen LogP contribution in [0.3, 0.4) is 0 Å². The van der Waals surface area contributed by atoms with Crippen LogP contribution in [0.15, 0.2) is 18.3 Å². The molecule has 0 saturated carbocycles. The fourth-order valence-electron chi connectivity index (χ4n) is 0.757. The first-order valence-electron chi connectivity index (χ1n) is 3.76. The maximum absolute atomic E-state index is 11.3. The van der Waals surface area contributed by atoms with E-state index >= 15 is 0 Å². The lowest BCUT2D eigenvalue weighted by Gasteiger charge is -2.04.